The zero-order valence-corrected chi connectivity index (χ0v) is 17.2. The van der Waals surface area contributed by atoms with Crippen LogP contribution in [0.1, 0.15) is 0 Å². The Morgan fingerprint density at radius 3 is 2.32 bits per heavy atom. The molecule has 0 spiro atoms. The number of urea groups is 1. The molecule has 158 valence electrons. The Morgan fingerprint density at radius 2 is 1.55 bits per heavy atom. The summed E-state index contributed by atoms with van der Waals surface area (Å²) in [6, 6.07) is 15.8. The fraction of sp³-hybridized carbons (Fsp3) is 0.136. The smallest absolute Gasteiger partial charge is 0.323 e. The number of pyridine rings is 1. The molecule has 0 radical (unpaired) electrons. The summed E-state index contributed by atoms with van der Waals surface area (Å²) >= 11 is 0. The number of methoxy groups -OCH3 is 3. The SMILES string of the molecule is COc1ccc(NC(=O)Nc2ccc3nc(-c4ccccc4OC)nn3c2)cc1OC. The molecule has 2 amide bonds. The van der Waals surface area contributed by atoms with Crippen LogP contribution in [0.4, 0.5) is 16.2 Å². The van der Waals surface area contributed by atoms with E-state index < -0.39 is 6.03 Å². The van der Waals surface area contributed by atoms with E-state index in [1.54, 1.807) is 55.3 Å². The normalized spacial score (nSPS) is 10.5. The number of ether oxygens (including phenoxy) is 3. The van der Waals surface area contributed by atoms with Crippen LogP contribution in [-0.4, -0.2) is 42.0 Å². The largest absolute Gasteiger partial charge is 0.496 e. The van der Waals surface area contributed by atoms with Gasteiger partial charge in [0, 0.05) is 11.8 Å². The number of amides is 2. The summed E-state index contributed by atoms with van der Waals surface area (Å²) in [4.78, 5) is 17.0. The second-order valence-corrected chi connectivity index (χ2v) is 6.51. The Balaban J connectivity index is 1.52. The molecule has 2 heterocycles. The molecule has 0 bridgehead atoms. The third-order valence-corrected chi connectivity index (χ3v) is 4.58. The quantitative estimate of drug-likeness (QED) is 0.489. The summed E-state index contributed by atoms with van der Waals surface area (Å²) in [7, 11) is 4.69. The lowest BCUT2D eigenvalue weighted by Crippen LogP contribution is -2.19. The van der Waals surface area contributed by atoms with Crippen molar-refractivity contribution in [2.24, 2.45) is 0 Å². The Labute approximate surface area is 178 Å². The molecular weight excluding hydrogens is 398 g/mol. The first-order valence-corrected chi connectivity index (χ1v) is 9.41. The second kappa shape index (κ2) is 8.62. The Bertz CT molecular complexity index is 1240. The van der Waals surface area contributed by atoms with E-state index in [4.69, 9.17) is 14.2 Å². The van der Waals surface area contributed by atoms with Crippen LogP contribution in [0.2, 0.25) is 0 Å². The molecule has 0 atom stereocenters. The minimum Gasteiger partial charge on any atom is -0.496 e. The summed E-state index contributed by atoms with van der Waals surface area (Å²) < 4.78 is 17.5. The first kappa shape index (κ1) is 20.0. The van der Waals surface area contributed by atoms with Crippen LogP contribution in [0.25, 0.3) is 17.0 Å². The molecule has 0 fully saturated rings. The second-order valence-electron chi connectivity index (χ2n) is 6.51. The molecule has 0 aliphatic carbocycles. The van der Waals surface area contributed by atoms with Gasteiger partial charge in [-0.25, -0.2) is 14.3 Å². The Kier molecular flexibility index (Phi) is 5.57. The minimum absolute atomic E-state index is 0.406. The van der Waals surface area contributed by atoms with E-state index in [0.717, 1.165) is 5.56 Å². The van der Waals surface area contributed by atoms with Gasteiger partial charge in [-0.05, 0) is 36.4 Å². The Hall–Kier alpha value is -4.27. The maximum absolute atomic E-state index is 12.4. The molecule has 4 rings (SSSR count). The standard InChI is InChI=1S/C22H21N5O4/c1-29-17-7-5-4-6-16(17)21-25-20-11-9-15(13-27(20)26-21)24-22(28)23-14-8-10-18(30-2)19(12-14)31-3/h4-13H,1-3H3,(H2,23,24,28). The molecule has 2 aromatic carbocycles. The van der Waals surface area contributed by atoms with Gasteiger partial charge in [-0.2, -0.15) is 0 Å². The number of carbonyl (C=O) groups excluding carboxylic acids is 1. The summed E-state index contributed by atoms with van der Waals surface area (Å²) in [5.74, 6) is 2.32. The maximum Gasteiger partial charge on any atom is 0.323 e. The number of rotatable bonds is 6. The van der Waals surface area contributed by atoms with Gasteiger partial charge in [-0.3, -0.25) is 0 Å². The average Bonchev–Trinajstić information content (AvgIpc) is 3.22. The van der Waals surface area contributed by atoms with Crippen LogP contribution in [-0.2, 0) is 0 Å². The van der Waals surface area contributed by atoms with Crippen molar-refractivity contribution in [3.05, 3.63) is 60.8 Å². The van der Waals surface area contributed by atoms with Crippen molar-refractivity contribution in [2.45, 2.75) is 0 Å². The monoisotopic (exact) mass is 419 g/mol. The van der Waals surface area contributed by atoms with Gasteiger partial charge >= 0.3 is 6.03 Å². The highest BCUT2D eigenvalue weighted by molar-refractivity contribution is 5.99. The van der Waals surface area contributed by atoms with Gasteiger partial charge in [0.1, 0.15) is 5.75 Å². The summed E-state index contributed by atoms with van der Waals surface area (Å²) in [5.41, 5.74) is 2.55. The fourth-order valence-corrected chi connectivity index (χ4v) is 3.11. The van der Waals surface area contributed by atoms with Gasteiger partial charge in [0.2, 0.25) is 0 Å². The number of benzene rings is 2. The van der Waals surface area contributed by atoms with Gasteiger partial charge in [0.15, 0.2) is 23.0 Å². The lowest BCUT2D eigenvalue weighted by molar-refractivity contribution is 0.262. The van der Waals surface area contributed by atoms with Crippen LogP contribution < -0.4 is 24.8 Å². The van der Waals surface area contributed by atoms with Gasteiger partial charge in [0.25, 0.3) is 0 Å². The molecule has 0 saturated carbocycles. The zero-order chi connectivity index (χ0) is 21.8. The number of hydrogen-bond acceptors (Lipinski definition) is 6. The number of fused-ring (bicyclic) bond motifs is 1. The van der Waals surface area contributed by atoms with Crippen molar-refractivity contribution in [1.82, 2.24) is 14.6 Å². The molecule has 0 unspecified atom stereocenters. The van der Waals surface area contributed by atoms with Gasteiger partial charge < -0.3 is 24.8 Å². The van der Waals surface area contributed by atoms with Crippen LogP contribution in [0.3, 0.4) is 0 Å². The number of para-hydroxylation sites is 1. The molecule has 31 heavy (non-hydrogen) atoms. The molecule has 0 saturated heterocycles. The van der Waals surface area contributed by atoms with Crippen molar-refractivity contribution >= 4 is 23.1 Å². The third kappa shape index (κ3) is 4.20. The summed E-state index contributed by atoms with van der Waals surface area (Å²) in [6.07, 6.45) is 1.69. The molecule has 9 nitrogen and oxygen atoms in total. The average molecular weight is 419 g/mol. The van der Waals surface area contributed by atoms with Crippen molar-refractivity contribution in [3.63, 3.8) is 0 Å². The highest BCUT2D eigenvalue weighted by Crippen LogP contribution is 2.30. The van der Waals surface area contributed by atoms with E-state index in [2.05, 4.69) is 20.7 Å². The lowest BCUT2D eigenvalue weighted by atomic mass is 10.2. The van der Waals surface area contributed by atoms with E-state index in [0.29, 0.717) is 40.1 Å². The molecule has 2 aromatic heterocycles. The van der Waals surface area contributed by atoms with Crippen molar-refractivity contribution in [3.8, 4) is 28.6 Å². The van der Waals surface area contributed by atoms with E-state index in [-0.39, 0.29) is 0 Å². The molecule has 4 aromatic rings. The number of nitrogens with one attached hydrogen (secondary N) is 2. The Morgan fingerprint density at radius 1 is 0.839 bits per heavy atom. The highest BCUT2D eigenvalue weighted by atomic mass is 16.5. The molecular formula is C22H21N5O4. The van der Waals surface area contributed by atoms with Crippen molar-refractivity contribution in [1.29, 1.82) is 0 Å². The zero-order valence-electron chi connectivity index (χ0n) is 17.2. The molecule has 9 heteroatoms. The van der Waals surface area contributed by atoms with Gasteiger partial charge in [0.05, 0.1) is 38.8 Å². The highest BCUT2D eigenvalue weighted by Gasteiger charge is 2.12. The predicted octanol–water partition coefficient (Wildman–Crippen LogP) is 4.07. The molecule has 0 aliphatic heterocycles. The van der Waals surface area contributed by atoms with Crippen LogP contribution in [0, 0.1) is 0 Å². The number of carbonyl (C=O) groups is 1. The lowest BCUT2D eigenvalue weighted by Gasteiger charge is -2.11. The van der Waals surface area contributed by atoms with Crippen LogP contribution >= 0.6 is 0 Å². The van der Waals surface area contributed by atoms with Crippen molar-refractivity contribution < 1.29 is 19.0 Å². The van der Waals surface area contributed by atoms with Gasteiger partial charge in [-0.15, -0.1) is 5.10 Å². The number of hydrogen-bond donors (Lipinski definition) is 2. The third-order valence-electron chi connectivity index (χ3n) is 4.58. The number of aromatic nitrogens is 3. The van der Waals surface area contributed by atoms with E-state index in [9.17, 15) is 4.79 Å². The predicted molar refractivity (Wildman–Crippen MR) is 117 cm³/mol. The number of nitrogens with zero attached hydrogens (tertiary/aromatic N) is 3. The molecule has 2 N–H and O–H groups in total. The van der Waals surface area contributed by atoms with E-state index >= 15 is 0 Å². The summed E-state index contributed by atoms with van der Waals surface area (Å²) in [5, 5.41) is 10.1. The molecule has 0 aliphatic rings. The summed E-state index contributed by atoms with van der Waals surface area (Å²) in [6.45, 7) is 0. The maximum atomic E-state index is 12.4. The van der Waals surface area contributed by atoms with E-state index in [1.807, 2.05) is 24.3 Å². The van der Waals surface area contributed by atoms with Crippen LogP contribution in [0.15, 0.2) is 60.8 Å². The van der Waals surface area contributed by atoms with Crippen LogP contribution in [0.5, 0.6) is 17.2 Å². The number of anilines is 2. The fourth-order valence-electron chi connectivity index (χ4n) is 3.11. The first-order valence-electron chi connectivity index (χ1n) is 9.41. The topological polar surface area (TPSA) is 99.0 Å². The van der Waals surface area contributed by atoms with Crippen molar-refractivity contribution in [2.75, 3.05) is 32.0 Å². The minimum atomic E-state index is -0.406. The van der Waals surface area contributed by atoms with Gasteiger partial charge in [-0.1, -0.05) is 12.1 Å². The first-order chi connectivity index (χ1) is 15.1. The van der Waals surface area contributed by atoms with E-state index in [1.165, 1.54) is 7.11 Å².